The fourth-order valence-electron chi connectivity index (χ4n) is 1.94. The van der Waals surface area contributed by atoms with Gasteiger partial charge in [0, 0.05) is 30.9 Å². The summed E-state index contributed by atoms with van der Waals surface area (Å²) < 4.78 is 10.7. The van der Waals surface area contributed by atoms with Crippen molar-refractivity contribution in [2.75, 3.05) is 24.8 Å². The summed E-state index contributed by atoms with van der Waals surface area (Å²) in [6.45, 7) is 6.13. The van der Waals surface area contributed by atoms with E-state index in [1.165, 1.54) is 0 Å². The van der Waals surface area contributed by atoms with Crippen molar-refractivity contribution in [1.29, 1.82) is 0 Å². The maximum atomic E-state index is 5.70. The van der Waals surface area contributed by atoms with Gasteiger partial charge in [-0.15, -0.1) is 0 Å². The van der Waals surface area contributed by atoms with E-state index in [1.54, 1.807) is 0 Å². The Morgan fingerprint density at radius 3 is 2.81 bits per heavy atom. The van der Waals surface area contributed by atoms with E-state index >= 15 is 0 Å². The van der Waals surface area contributed by atoms with Gasteiger partial charge in [-0.3, -0.25) is 0 Å². The molecule has 88 valence electrons. The molecular formula is C12H18N2O2. The number of rotatable bonds is 4. The van der Waals surface area contributed by atoms with Crippen LogP contribution in [0.3, 0.4) is 0 Å². The molecule has 4 heteroatoms. The largest absolute Gasteiger partial charge is 0.454 e. The molecule has 0 saturated carbocycles. The number of nitrogens with zero attached hydrogens (tertiary/aromatic N) is 1. The van der Waals surface area contributed by atoms with Gasteiger partial charge in [0.05, 0.1) is 0 Å². The van der Waals surface area contributed by atoms with E-state index in [4.69, 9.17) is 15.2 Å². The Labute approximate surface area is 95.9 Å². The summed E-state index contributed by atoms with van der Waals surface area (Å²) in [5.41, 5.74) is 6.83. The number of fused-ring (bicyclic) bond motifs is 1. The zero-order chi connectivity index (χ0) is 11.5. The van der Waals surface area contributed by atoms with Crippen molar-refractivity contribution in [2.24, 2.45) is 5.73 Å². The zero-order valence-corrected chi connectivity index (χ0v) is 9.77. The number of hydrogen-bond acceptors (Lipinski definition) is 4. The molecule has 0 aliphatic carbocycles. The summed E-state index contributed by atoms with van der Waals surface area (Å²) in [5.74, 6) is 1.64. The Morgan fingerprint density at radius 1 is 1.38 bits per heavy atom. The van der Waals surface area contributed by atoms with E-state index in [0.29, 0.717) is 19.4 Å². The van der Waals surface area contributed by atoms with Gasteiger partial charge in [0.15, 0.2) is 11.5 Å². The molecule has 1 heterocycles. The van der Waals surface area contributed by atoms with Crippen molar-refractivity contribution >= 4 is 5.69 Å². The highest BCUT2D eigenvalue weighted by molar-refractivity contribution is 5.57. The van der Waals surface area contributed by atoms with E-state index in [0.717, 1.165) is 23.7 Å². The lowest BCUT2D eigenvalue weighted by atomic mass is 10.2. The first-order valence-electron chi connectivity index (χ1n) is 5.62. The van der Waals surface area contributed by atoms with Crippen LogP contribution in [0.1, 0.15) is 13.8 Å². The topological polar surface area (TPSA) is 47.7 Å². The van der Waals surface area contributed by atoms with Gasteiger partial charge in [-0.05, 0) is 26.0 Å². The molecule has 0 amide bonds. The third-order valence-electron chi connectivity index (χ3n) is 2.90. The molecular weight excluding hydrogens is 204 g/mol. The first-order valence-corrected chi connectivity index (χ1v) is 5.62. The van der Waals surface area contributed by atoms with E-state index < -0.39 is 0 Å². The van der Waals surface area contributed by atoms with Gasteiger partial charge >= 0.3 is 0 Å². The highest BCUT2D eigenvalue weighted by Crippen LogP contribution is 2.35. The molecule has 4 nitrogen and oxygen atoms in total. The van der Waals surface area contributed by atoms with Gasteiger partial charge in [0.2, 0.25) is 6.79 Å². The first kappa shape index (κ1) is 11.1. The van der Waals surface area contributed by atoms with Gasteiger partial charge < -0.3 is 20.1 Å². The van der Waals surface area contributed by atoms with Crippen molar-refractivity contribution in [1.82, 2.24) is 0 Å². The first-order chi connectivity index (χ1) is 7.76. The second kappa shape index (κ2) is 4.61. The number of anilines is 1. The molecule has 1 unspecified atom stereocenters. The van der Waals surface area contributed by atoms with Crippen LogP contribution in [0.5, 0.6) is 11.5 Å². The van der Waals surface area contributed by atoms with Crippen LogP contribution >= 0.6 is 0 Å². The lowest BCUT2D eigenvalue weighted by Crippen LogP contribution is -2.38. The van der Waals surface area contributed by atoms with E-state index in [1.807, 2.05) is 18.2 Å². The fourth-order valence-corrected chi connectivity index (χ4v) is 1.94. The van der Waals surface area contributed by atoms with Crippen molar-refractivity contribution in [3.63, 3.8) is 0 Å². The molecule has 16 heavy (non-hydrogen) atoms. The molecule has 0 saturated heterocycles. The van der Waals surface area contributed by atoms with Crippen LogP contribution in [-0.4, -0.2) is 25.9 Å². The Kier molecular flexibility index (Phi) is 3.19. The molecule has 0 aromatic heterocycles. The fraction of sp³-hybridized carbons (Fsp3) is 0.500. The third-order valence-corrected chi connectivity index (χ3v) is 2.90. The lowest BCUT2D eigenvalue weighted by molar-refractivity contribution is 0.174. The Bertz CT molecular complexity index is 368. The van der Waals surface area contributed by atoms with Crippen LogP contribution < -0.4 is 20.1 Å². The van der Waals surface area contributed by atoms with Crippen LogP contribution in [0.2, 0.25) is 0 Å². The van der Waals surface area contributed by atoms with Gasteiger partial charge in [-0.25, -0.2) is 0 Å². The minimum atomic E-state index is 0.317. The predicted octanol–water partition coefficient (Wildman–Crippen LogP) is 1.59. The smallest absolute Gasteiger partial charge is 0.231 e. The highest BCUT2D eigenvalue weighted by Gasteiger charge is 2.17. The summed E-state index contributed by atoms with van der Waals surface area (Å²) >= 11 is 0. The van der Waals surface area contributed by atoms with Gasteiger partial charge in [-0.2, -0.15) is 0 Å². The SMILES string of the molecule is CCN(c1ccc2c(c1)OCO2)C(C)CN. The highest BCUT2D eigenvalue weighted by atomic mass is 16.7. The lowest BCUT2D eigenvalue weighted by Gasteiger charge is -2.29. The van der Waals surface area contributed by atoms with Crippen molar-refractivity contribution < 1.29 is 9.47 Å². The van der Waals surface area contributed by atoms with Crippen molar-refractivity contribution in [2.45, 2.75) is 19.9 Å². The zero-order valence-electron chi connectivity index (χ0n) is 9.77. The van der Waals surface area contributed by atoms with Gasteiger partial charge in [0.25, 0.3) is 0 Å². The number of likely N-dealkylation sites (N-methyl/N-ethyl adjacent to an activating group) is 1. The molecule has 0 fully saturated rings. The predicted molar refractivity (Wildman–Crippen MR) is 64.1 cm³/mol. The molecule has 2 rings (SSSR count). The monoisotopic (exact) mass is 222 g/mol. The second-order valence-electron chi connectivity index (χ2n) is 3.91. The number of nitrogens with two attached hydrogens (primary N) is 1. The van der Waals surface area contributed by atoms with Gasteiger partial charge in [0.1, 0.15) is 0 Å². The maximum absolute atomic E-state index is 5.70. The van der Waals surface area contributed by atoms with Crippen LogP contribution in [0, 0.1) is 0 Å². The van der Waals surface area contributed by atoms with Crippen molar-refractivity contribution in [3.05, 3.63) is 18.2 Å². The molecule has 1 aromatic rings. The molecule has 0 spiro atoms. The average molecular weight is 222 g/mol. The summed E-state index contributed by atoms with van der Waals surface area (Å²) in [7, 11) is 0. The average Bonchev–Trinajstić information content (AvgIpc) is 2.77. The van der Waals surface area contributed by atoms with Gasteiger partial charge in [-0.1, -0.05) is 0 Å². The Morgan fingerprint density at radius 2 is 2.12 bits per heavy atom. The van der Waals surface area contributed by atoms with E-state index in [2.05, 4.69) is 18.7 Å². The molecule has 1 aromatic carbocycles. The van der Waals surface area contributed by atoms with Crippen LogP contribution in [0.4, 0.5) is 5.69 Å². The summed E-state index contributed by atoms with van der Waals surface area (Å²) in [4.78, 5) is 2.25. The van der Waals surface area contributed by atoms with Crippen LogP contribution in [0.25, 0.3) is 0 Å². The Hall–Kier alpha value is -1.42. The normalized spacial score (nSPS) is 14.9. The maximum Gasteiger partial charge on any atom is 0.231 e. The molecule has 0 radical (unpaired) electrons. The Balaban J connectivity index is 2.25. The molecule has 1 atom stereocenters. The van der Waals surface area contributed by atoms with Crippen LogP contribution in [0.15, 0.2) is 18.2 Å². The second-order valence-corrected chi connectivity index (χ2v) is 3.91. The summed E-state index contributed by atoms with van der Waals surface area (Å²) in [6.07, 6.45) is 0. The molecule has 1 aliphatic rings. The number of benzene rings is 1. The van der Waals surface area contributed by atoms with Crippen molar-refractivity contribution in [3.8, 4) is 11.5 Å². The van der Waals surface area contributed by atoms with E-state index in [9.17, 15) is 0 Å². The minimum Gasteiger partial charge on any atom is -0.454 e. The summed E-state index contributed by atoms with van der Waals surface area (Å²) in [6, 6.07) is 6.33. The summed E-state index contributed by atoms with van der Waals surface area (Å²) in [5, 5.41) is 0. The standard InChI is InChI=1S/C12H18N2O2/c1-3-14(9(2)7-13)10-4-5-11-12(6-10)16-8-15-11/h4-6,9H,3,7-8,13H2,1-2H3. The third kappa shape index (κ3) is 1.93. The molecule has 2 N–H and O–H groups in total. The minimum absolute atomic E-state index is 0.317. The molecule has 1 aliphatic heterocycles. The number of hydrogen-bond donors (Lipinski definition) is 1. The molecule has 0 bridgehead atoms. The van der Waals surface area contributed by atoms with Crippen LogP contribution in [-0.2, 0) is 0 Å². The van der Waals surface area contributed by atoms with E-state index in [-0.39, 0.29) is 0 Å². The quantitative estimate of drug-likeness (QED) is 0.840. The number of ether oxygens (including phenoxy) is 2.